The van der Waals surface area contributed by atoms with Crippen molar-refractivity contribution in [3.63, 3.8) is 0 Å². The Kier molecular flexibility index (Phi) is 27.2. The summed E-state index contributed by atoms with van der Waals surface area (Å²) < 4.78 is 0. The fourth-order valence-corrected chi connectivity index (χ4v) is 3.51. The van der Waals surface area contributed by atoms with E-state index in [4.69, 9.17) is 0 Å². The number of rotatable bonds is 9. The quantitative estimate of drug-likeness (QED) is 0.208. The first-order valence-electron chi connectivity index (χ1n) is 14.7. The van der Waals surface area contributed by atoms with Crippen LogP contribution in [0.5, 0.6) is 0 Å². The van der Waals surface area contributed by atoms with E-state index in [1.54, 1.807) is 6.20 Å². The topological polar surface area (TPSA) is 85.3 Å². The first kappa shape index (κ1) is 39.8. The lowest BCUT2D eigenvalue weighted by Crippen LogP contribution is -2.33. The lowest BCUT2D eigenvalue weighted by molar-refractivity contribution is 0.223. The molecule has 1 atom stereocenters. The molecule has 6 nitrogen and oxygen atoms in total. The van der Waals surface area contributed by atoms with Crippen molar-refractivity contribution >= 4 is 29.1 Å². The molecular weight excluding hydrogens is 470 g/mol. The minimum Gasteiger partial charge on any atom is -0.395 e. The number of pyridine rings is 1. The molecule has 0 bridgehead atoms. The highest BCUT2D eigenvalue weighted by molar-refractivity contribution is 5.91. The highest BCUT2D eigenvalue weighted by atomic mass is 16.3. The molecule has 218 valence electrons. The number of fused-ring (bicyclic) bond motifs is 1. The molecule has 4 N–H and O–H groups in total. The Bertz CT molecular complexity index is 950. The zero-order valence-corrected chi connectivity index (χ0v) is 26.8. The van der Waals surface area contributed by atoms with Crippen molar-refractivity contribution in [2.75, 3.05) is 19.0 Å². The summed E-state index contributed by atoms with van der Waals surface area (Å²) in [6.07, 6.45) is 2.72. The van der Waals surface area contributed by atoms with Crippen molar-refractivity contribution in [3.05, 3.63) is 42.1 Å². The van der Waals surface area contributed by atoms with Gasteiger partial charge in [0.25, 0.3) is 0 Å². The second-order valence-corrected chi connectivity index (χ2v) is 7.46. The minimum absolute atomic E-state index is 0.121. The van der Waals surface area contributed by atoms with Crippen LogP contribution in [0.3, 0.4) is 0 Å². The zero-order valence-electron chi connectivity index (χ0n) is 26.8. The summed E-state index contributed by atoms with van der Waals surface area (Å²) in [7, 11) is 1.82. The lowest BCUT2D eigenvalue weighted by Gasteiger charge is -2.18. The molecule has 2 aromatic heterocycles. The van der Waals surface area contributed by atoms with Crippen LogP contribution in [0.1, 0.15) is 95.1 Å². The number of nitrogens with one attached hydrogen (secondary N) is 3. The Balaban J connectivity index is -0.00000110. The second-order valence-electron chi connectivity index (χ2n) is 7.46. The number of aliphatic hydroxyl groups excluding tert-OH is 1. The summed E-state index contributed by atoms with van der Waals surface area (Å²) in [5, 5.41) is 17.2. The Morgan fingerprint density at radius 3 is 2.05 bits per heavy atom. The fourth-order valence-electron chi connectivity index (χ4n) is 3.51. The number of benzene rings is 1. The molecule has 1 unspecified atom stereocenters. The molecule has 0 aliphatic carbocycles. The van der Waals surface area contributed by atoms with Crippen LogP contribution >= 0.6 is 0 Å². The molecule has 0 saturated carbocycles. The van der Waals surface area contributed by atoms with E-state index in [1.165, 1.54) is 5.56 Å². The first-order valence-corrected chi connectivity index (χ1v) is 14.7. The van der Waals surface area contributed by atoms with E-state index in [1.807, 2.05) is 82.4 Å². The van der Waals surface area contributed by atoms with Crippen molar-refractivity contribution in [3.8, 4) is 11.3 Å². The largest absolute Gasteiger partial charge is 0.395 e. The van der Waals surface area contributed by atoms with Crippen LogP contribution in [0.25, 0.3) is 22.2 Å². The summed E-state index contributed by atoms with van der Waals surface area (Å²) in [5.74, 6) is 1.26. The molecule has 0 aliphatic heterocycles. The molecule has 0 fully saturated rings. The normalized spacial score (nSPS) is 9.97. The molecule has 0 spiro atoms. The van der Waals surface area contributed by atoms with Crippen LogP contribution in [0, 0.1) is 5.92 Å². The van der Waals surface area contributed by atoms with Crippen LogP contribution in [-0.4, -0.2) is 41.5 Å². The van der Waals surface area contributed by atoms with Gasteiger partial charge >= 0.3 is 0 Å². The Hall–Kier alpha value is -2.70. The van der Waals surface area contributed by atoms with Gasteiger partial charge in [0.1, 0.15) is 5.69 Å². The molecule has 3 aromatic rings. The van der Waals surface area contributed by atoms with Crippen molar-refractivity contribution in [1.82, 2.24) is 15.3 Å². The molecule has 0 amide bonds. The zero-order chi connectivity index (χ0) is 30.1. The van der Waals surface area contributed by atoms with Gasteiger partial charge in [0.15, 0.2) is 5.82 Å². The summed E-state index contributed by atoms with van der Waals surface area (Å²) in [6.45, 7) is 28.9. The van der Waals surface area contributed by atoms with E-state index in [2.05, 4.69) is 70.4 Å². The molecule has 0 aliphatic rings. The number of aliphatic hydroxyl groups is 1. The Morgan fingerprint density at radius 2 is 1.55 bits per heavy atom. The van der Waals surface area contributed by atoms with E-state index < -0.39 is 0 Å². The van der Waals surface area contributed by atoms with Gasteiger partial charge in [-0.25, -0.2) is 4.98 Å². The third-order valence-electron chi connectivity index (χ3n) is 4.87. The van der Waals surface area contributed by atoms with E-state index in [0.29, 0.717) is 11.7 Å². The van der Waals surface area contributed by atoms with Crippen LogP contribution in [-0.2, 0) is 6.54 Å². The monoisotopic (exact) mass is 529 g/mol. The van der Waals surface area contributed by atoms with Crippen LogP contribution < -0.4 is 10.6 Å². The third-order valence-corrected chi connectivity index (χ3v) is 4.87. The average molecular weight is 530 g/mol. The molecule has 3 rings (SSSR count). The fraction of sp³-hybridized carbons (Fsp3) is 0.562. The number of nitrogens with zero attached hydrogens (tertiary/aromatic N) is 2. The number of aromatic amines is 1. The molecule has 2 heterocycles. The second kappa shape index (κ2) is 25.9. The van der Waals surface area contributed by atoms with Crippen LogP contribution in [0.2, 0.25) is 0 Å². The molecule has 0 radical (unpaired) electrons. The van der Waals surface area contributed by atoms with E-state index in [0.717, 1.165) is 40.8 Å². The van der Waals surface area contributed by atoms with Gasteiger partial charge in [0, 0.05) is 48.0 Å². The molecule has 38 heavy (non-hydrogen) atoms. The number of hydrogen-bond donors (Lipinski definition) is 4. The SMILES string of the molecule is C=Nc1c(-c2cc3cc(CNC(CO)CC(C)C)ccc3[nH]2)ccnc1NC.CC.CC.CC.CC.CC. The van der Waals surface area contributed by atoms with Crippen LogP contribution in [0.4, 0.5) is 11.5 Å². The van der Waals surface area contributed by atoms with Gasteiger partial charge in [-0.2, -0.15) is 0 Å². The average Bonchev–Trinajstić information content (AvgIpc) is 3.43. The highest BCUT2D eigenvalue weighted by Crippen LogP contribution is 2.35. The van der Waals surface area contributed by atoms with Gasteiger partial charge in [0.2, 0.25) is 0 Å². The first-order chi connectivity index (χ1) is 18.5. The van der Waals surface area contributed by atoms with Gasteiger partial charge in [-0.15, -0.1) is 0 Å². The molecule has 0 saturated heterocycles. The maximum atomic E-state index is 9.55. The molecular formula is C32H59N5O. The predicted molar refractivity (Wildman–Crippen MR) is 174 cm³/mol. The van der Waals surface area contributed by atoms with E-state index in [9.17, 15) is 5.11 Å². The summed E-state index contributed by atoms with van der Waals surface area (Å²) >= 11 is 0. The van der Waals surface area contributed by atoms with Gasteiger partial charge in [0.05, 0.1) is 6.61 Å². The van der Waals surface area contributed by atoms with Gasteiger partial charge < -0.3 is 20.7 Å². The van der Waals surface area contributed by atoms with Gasteiger partial charge in [-0.05, 0) is 48.9 Å². The number of aromatic nitrogens is 2. The van der Waals surface area contributed by atoms with Crippen molar-refractivity contribution in [2.24, 2.45) is 10.9 Å². The number of anilines is 1. The predicted octanol–water partition coefficient (Wildman–Crippen LogP) is 9.23. The highest BCUT2D eigenvalue weighted by Gasteiger charge is 2.13. The minimum atomic E-state index is 0.121. The summed E-state index contributed by atoms with van der Waals surface area (Å²) in [4.78, 5) is 11.9. The maximum Gasteiger partial charge on any atom is 0.152 e. The van der Waals surface area contributed by atoms with Crippen molar-refractivity contribution in [2.45, 2.75) is 102 Å². The van der Waals surface area contributed by atoms with E-state index >= 15 is 0 Å². The number of aliphatic imine (C=N–C) groups is 1. The van der Waals surface area contributed by atoms with Crippen molar-refractivity contribution < 1.29 is 5.11 Å². The summed E-state index contributed by atoms with van der Waals surface area (Å²) in [5.41, 5.74) is 4.93. The third kappa shape index (κ3) is 13.2. The number of hydrogen-bond acceptors (Lipinski definition) is 5. The summed E-state index contributed by atoms with van der Waals surface area (Å²) in [6, 6.07) is 10.6. The molecule has 6 heteroatoms. The number of H-pyrrole nitrogens is 1. The van der Waals surface area contributed by atoms with Crippen LogP contribution in [0.15, 0.2) is 41.5 Å². The molecule has 1 aromatic carbocycles. The van der Waals surface area contributed by atoms with E-state index in [-0.39, 0.29) is 12.6 Å². The Morgan fingerprint density at radius 1 is 0.947 bits per heavy atom. The standard InChI is InChI=1S/C22H29N5O.5C2H6/c1-14(2)9-17(13-28)26-12-15-5-6-19-16(10-15)11-20(27-19)18-7-8-25-22(24-4)21(18)23-3;5*1-2/h5-8,10-11,14,17,26-28H,3,9,12-13H2,1-2,4H3,(H,24,25);5*1-2H3. The smallest absolute Gasteiger partial charge is 0.152 e. The van der Waals surface area contributed by atoms with Gasteiger partial charge in [-0.3, -0.25) is 4.99 Å². The van der Waals surface area contributed by atoms with Crippen molar-refractivity contribution in [1.29, 1.82) is 0 Å². The maximum absolute atomic E-state index is 9.55. The Labute approximate surface area is 234 Å². The van der Waals surface area contributed by atoms with Gasteiger partial charge in [-0.1, -0.05) is 89.2 Å². The lowest BCUT2D eigenvalue weighted by atomic mass is 10.0.